The third-order valence-electron chi connectivity index (χ3n) is 3.87. The molecule has 1 aromatic heterocycles. The van der Waals surface area contributed by atoms with Gasteiger partial charge in [-0.15, -0.1) is 0 Å². The van der Waals surface area contributed by atoms with Crippen LogP contribution in [0, 0.1) is 5.82 Å². The number of carbonyl (C=O) groups is 2. The lowest BCUT2D eigenvalue weighted by Crippen LogP contribution is -2.02. The van der Waals surface area contributed by atoms with E-state index in [1.54, 1.807) is 12.1 Å². The molecule has 3 aromatic rings. The lowest BCUT2D eigenvalue weighted by Gasteiger charge is -2.11. The number of anilines is 1. The summed E-state index contributed by atoms with van der Waals surface area (Å²) in [5.74, 6) is -2.26. The van der Waals surface area contributed by atoms with E-state index in [4.69, 9.17) is 15.9 Å². The van der Waals surface area contributed by atoms with Crippen molar-refractivity contribution in [3.8, 4) is 11.3 Å². The van der Waals surface area contributed by atoms with Crippen molar-refractivity contribution in [3.63, 3.8) is 0 Å². The molecule has 0 aliphatic rings. The summed E-state index contributed by atoms with van der Waals surface area (Å²) in [6.07, 6.45) is 1.12. The van der Waals surface area contributed by atoms with Crippen LogP contribution in [0.5, 0.6) is 0 Å². The Balaban J connectivity index is 0.000000321. The van der Waals surface area contributed by atoms with Crippen LogP contribution in [-0.4, -0.2) is 32.1 Å². The highest BCUT2D eigenvalue weighted by molar-refractivity contribution is 5.96. The fraction of sp³-hybridized carbons (Fsp3) is 0.143. The molecule has 0 fully saturated rings. The molecule has 2 aromatic carbocycles. The van der Waals surface area contributed by atoms with Crippen LogP contribution < -0.4 is 5.73 Å². The largest absolute Gasteiger partial charge is 0.478 e. The van der Waals surface area contributed by atoms with Crippen molar-refractivity contribution in [2.75, 3.05) is 5.73 Å². The molecule has 0 radical (unpaired) electrons. The molecule has 150 valence electrons. The zero-order valence-electron chi connectivity index (χ0n) is 15.8. The van der Waals surface area contributed by atoms with E-state index in [0.29, 0.717) is 17.5 Å². The summed E-state index contributed by atoms with van der Waals surface area (Å²) in [5, 5.41) is 17.0. The average Bonchev–Trinajstić information content (AvgIpc) is 2.67. The molecule has 7 nitrogen and oxygen atoms in total. The number of aliphatic carboxylic acids is 2. The van der Waals surface area contributed by atoms with Crippen molar-refractivity contribution in [2.24, 2.45) is 0 Å². The minimum absolute atomic E-state index is 0.236. The summed E-state index contributed by atoms with van der Waals surface area (Å²) in [7, 11) is 0. The average molecular weight is 397 g/mol. The molecule has 0 aliphatic carbocycles. The van der Waals surface area contributed by atoms with Crippen LogP contribution >= 0.6 is 0 Å². The van der Waals surface area contributed by atoms with Crippen molar-refractivity contribution < 1.29 is 24.2 Å². The van der Waals surface area contributed by atoms with Gasteiger partial charge in [0.05, 0.1) is 5.69 Å². The summed E-state index contributed by atoms with van der Waals surface area (Å²) < 4.78 is 13.9. The molecule has 8 heteroatoms. The molecular weight excluding hydrogens is 377 g/mol. The third kappa shape index (κ3) is 5.83. The van der Waals surface area contributed by atoms with Gasteiger partial charge in [-0.3, -0.25) is 0 Å². The van der Waals surface area contributed by atoms with Crippen LogP contribution in [0.2, 0.25) is 0 Å². The Morgan fingerprint density at radius 1 is 1.00 bits per heavy atom. The second-order valence-corrected chi connectivity index (χ2v) is 6.34. The minimum Gasteiger partial charge on any atom is -0.478 e. The number of halogens is 1. The van der Waals surface area contributed by atoms with Crippen LogP contribution in [0.1, 0.15) is 25.5 Å². The number of carboxylic acid groups (broad SMARTS) is 2. The van der Waals surface area contributed by atoms with Crippen LogP contribution in [0.3, 0.4) is 0 Å². The van der Waals surface area contributed by atoms with E-state index < -0.39 is 11.9 Å². The first-order valence-corrected chi connectivity index (χ1v) is 8.65. The summed E-state index contributed by atoms with van der Waals surface area (Å²) in [6, 6.07) is 12.5. The fourth-order valence-corrected chi connectivity index (χ4v) is 2.55. The number of hydrogen-bond donors (Lipinski definition) is 3. The summed E-state index contributed by atoms with van der Waals surface area (Å²) in [5.41, 5.74) is 8.28. The van der Waals surface area contributed by atoms with E-state index in [0.717, 1.165) is 22.3 Å². The number of nitrogens with zero attached hydrogens (tertiary/aromatic N) is 2. The molecule has 1 heterocycles. The molecular formula is C21H20FN3O4. The first kappa shape index (κ1) is 21.5. The van der Waals surface area contributed by atoms with Gasteiger partial charge in [0.25, 0.3) is 0 Å². The Hall–Kier alpha value is -3.81. The van der Waals surface area contributed by atoms with Gasteiger partial charge in [0.15, 0.2) is 0 Å². The van der Waals surface area contributed by atoms with Gasteiger partial charge in [0, 0.05) is 28.8 Å². The van der Waals surface area contributed by atoms with Gasteiger partial charge in [-0.1, -0.05) is 38.1 Å². The predicted molar refractivity (Wildman–Crippen MR) is 108 cm³/mol. The molecule has 0 unspecified atom stereocenters. The van der Waals surface area contributed by atoms with Crippen molar-refractivity contribution in [1.29, 1.82) is 0 Å². The lowest BCUT2D eigenvalue weighted by molar-refractivity contribution is -0.134. The molecule has 0 atom stereocenters. The van der Waals surface area contributed by atoms with Crippen molar-refractivity contribution in [1.82, 2.24) is 9.97 Å². The fourth-order valence-electron chi connectivity index (χ4n) is 2.55. The number of nitrogen functional groups attached to an aromatic ring is 1. The van der Waals surface area contributed by atoms with E-state index in [9.17, 15) is 14.0 Å². The highest BCUT2D eigenvalue weighted by Gasteiger charge is 2.12. The van der Waals surface area contributed by atoms with E-state index in [2.05, 4.69) is 9.97 Å². The van der Waals surface area contributed by atoms with Crippen LogP contribution in [0.4, 0.5) is 10.3 Å². The number of aromatic nitrogens is 2. The Morgan fingerprint density at radius 2 is 1.59 bits per heavy atom. The van der Waals surface area contributed by atoms with Gasteiger partial charge in [0.2, 0.25) is 5.95 Å². The van der Waals surface area contributed by atoms with E-state index in [1.165, 1.54) is 6.07 Å². The highest BCUT2D eigenvalue weighted by Crippen LogP contribution is 2.30. The summed E-state index contributed by atoms with van der Waals surface area (Å²) in [4.78, 5) is 27.7. The van der Waals surface area contributed by atoms with Gasteiger partial charge >= 0.3 is 11.9 Å². The van der Waals surface area contributed by atoms with E-state index in [-0.39, 0.29) is 17.7 Å². The molecule has 0 spiro atoms. The zero-order chi connectivity index (χ0) is 21.6. The Bertz CT molecular complexity index is 1060. The highest BCUT2D eigenvalue weighted by atomic mass is 19.1. The number of rotatable bonds is 4. The third-order valence-corrected chi connectivity index (χ3v) is 3.87. The normalized spacial score (nSPS) is 10.8. The quantitative estimate of drug-likeness (QED) is 0.571. The second kappa shape index (κ2) is 9.41. The van der Waals surface area contributed by atoms with Crippen LogP contribution in [0.15, 0.2) is 54.6 Å². The van der Waals surface area contributed by atoms with E-state index >= 15 is 0 Å². The number of hydrogen-bond acceptors (Lipinski definition) is 5. The first-order chi connectivity index (χ1) is 13.7. The Kier molecular flexibility index (Phi) is 6.97. The maximum Gasteiger partial charge on any atom is 0.328 e. The summed E-state index contributed by atoms with van der Waals surface area (Å²) in [6.45, 7) is 4.10. The van der Waals surface area contributed by atoms with Gasteiger partial charge in [-0.05, 0) is 29.5 Å². The smallest absolute Gasteiger partial charge is 0.328 e. The Morgan fingerprint density at radius 3 is 2.14 bits per heavy atom. The molecule has 0 saturated carbocycles. The molecule has 0 saturated heterocycles. The second-order valence-electron chi connectivity index (χ2n) is 6.34. The molecule has 4 N–H and O–H groups in total. The number of benzene rings is 2. The maximum absolute atomic E-state index is 13.9. The van der Waals surface area contributed by atoms with Crippen molar-refractivity contribution in [2.45, 2.75) is 19.8 Å². The SMILES string of the molecule is CC(C)c1cc(-c2ccc(F)c3ccccc23)nc(N)n1.O=C(O)C=CC(=O)O. The Labute approximate surface area is 166 Å². The van der Waals surface area contributed by atoms with Crippen LogP contribution in [0.25, 0.3) is 22.0 Å². The van der Waals surface area contributed by atoms with Crippen LogP contribution in [-0.2, 0) is 9.59 Å². The van der Waals surface area contributed by atoms with Gasteiger partial charge in [0.1, 0.15) is 5.82 Å². The zero-order valence-corrected chi connectivity index (χ0v) is 15.8. The van der Waals surface area contributed by atoms with Crippen molar-refractivity contribution >= 4 is 28.7 Å². The molecule has 0 bridgehead atoms. The van der Waals surface area contributed by atoms with Gasteiger partial charge in [-0.25, -0.2) is 23.9 Å². The molecule has 29 heavy (non-hydrogen) atoms. The van der Waals surface area contributed by atoms with E-state index in [1.807, 2.05) is 38.1 Å². The summed E-state index contributed by atoms with van der Waals surface area (Å²) >= 11 is 0. The van der Waals surface area contributed by atoms with Crippen molar-refractivity contribution in [3.05, 3.63) is 66.1 Å². The lowest BCUT2D eigenvalue weighted by atomic mass is 10.00. The monoisotopic (exact) mass is 397 g/mol. The maximum atomic E-state index is 13.9. The number of carboxylic acids is 2. The topological polar surface area (TPSA) is 126 Å². The number of nitrogens with two attached hydrogens (primary N) is 1. The number of fused-ring (bicyclic) bond motifs is 1. The first-order valence-electron chi connectivity index (χ1n) is 8.65. The standard InChI is InChI=1S/C17H16FN3.C4H4O4/c1-10(2)15-9-16(21-17(19)20-15)13-7-8-14(18)12-6-4-3-5-11(12)13;5-3(6)1-2-4(7)8/h3-10H,1-2H3,(H2,19,20,21);1-2H,(H,5,6)(H,7,8). The minimum atomic E-state index is -1.26. The predicted octanol–water partition coefficient (Wildman–Crippen LogP) is 3.85. The molecule has 3 rings (SSSR count). The molecule has 0 aliphatic heterocycles. The van der Waals surface area contributed by atoms with Gasteiger partial charge < -0.3 is 15.9 Å². The van der Waals surface area contributed by atoms with Gasteiger partial charge in [-0.2, -0.15) is 0 Å². The molecule has 0 amide bonds.